The van der Waals surface area contributed by atoms with Crippen LogP contribution < -0.4 is 0 Å². The van der Waals surface area contributed by atoms with Crippen LogP contribution in [0.25, 0.3) is 0 Å². The first-order valence-corrected chi connectivity index (χ1v) is 5.76. The number of hydrogen-bond donors (Lipinski definition) is 1. The fourth-order valence-corrected chi connectivity index (χ4v) is 3.07. The van der Waals surface area contributed by atoms with E-state index in [1.165, 1.54) is 39.0 Å². The summed E-state index contributed by atoms with van der Waals surface area (Å²) >= 11 is 0. The molecule has 1 N–H and O–H groups in total. The minimum Gasteiger partial charge on any atom is -0.396 e. The summed E-state index contributed by atoms with van der Waals surface area (Å²) in [4.78, 5) is 4.95. The van der Waals surface area contributed by atoms with Gasteiger partial charge < -0.3 is 14.9 Å². The zero-order chi connectivity index (χ0) is 10.0. The van der Waals surface area contributed by atoms with Crippen molar-refractivity contribution in [2.24, 2.45) is 5.41 Å². The molecule has 2 aliphatic heterocycles. The van der Waals surface area contributed by atoms with Gasteiger partial charge in [0.05, 0.1) is 0 Å². The van der Waals surface area contributed by atoms with E-state index in [-0.39, 0.29) is 0 Å². The molecule has 2 rings (SSSR count). The van der Waals surface area contributed by atoms with Gasteiger partial charge in [0.25, 0.3) is 0 Å². The lowest BCUT2D eigenvalue weighted by Crippen LogP contribution is -2.62. The van der Waals surface area contributed by atoms with E-state index in [0.717, 1.165) is 13.0 Å². The highest BCUT2D eigenvalue weighted by atomic mass is 16.3. The zero-order valence-corrected chi connectivity index (χ0v) is 9.21. The van der Waals surface area contributed by atoms with Crippen LogP contribution in [0.4, 0.5) is 0 Å². The van der Waals surface area contributed by atoms with Gasteiger partial charge in [-0.25, -0.2) is 0 Å². The minimum absolute atomic E-state index is 0.337. The molecule has 2 aliphatic rings. The van der Waals surface area contributed by atoms with Crippen LogP contribution in [-0.4, -0.2) is 61.3 Å². The first-order chi connectivity index (χ1) is 6.74. The largest absolute Gasteiger partial charge is 0.396 e. The summed E-state index contributed by atoms with van der Waals surface area (Å²) in [6.45, 7) is 6.50. The van der Waals surface area contributed by atoms with Crippen LogP contribution in [0.1, 0.15) is 19.3 Å². The van der Waals surface area contributed by atoms with Crippen LogP contribution >= 0.6 is 0 Å². The molecule has 3 heteroatoms. The molecule has 3 nitrogen and oxygen atoms in total. The molecule has 0 aromatic carbocycles. The summed E-state index contributed by atoms with van der Waals surface area (Å²) < 4.78 is 0. The third-order valence-corrected chi connectivity index (χ3v) is 3.60. The second-order valence-electron chi connectivity index (χ2n) is 5.13. The molecule has 1 spiro atoms. The van der Waals surface area contributed by atoms with Crippen LogP contribution in [0, 0.1) is 5.41 Å². The highest BCUT2D eigenvalue weighted by Gasteiger charge is 2.44. The number of hydrogen-bond acceptors (Lipinski definition) is 3. The van der Waals surface area contributed by atoms with E-state index in [0.29, 0.717) is 12.0 Å². The van der Waals surface area contributed by atoms with E-state index in [4.69, 9.17) is 5.11 Å². The maximum Gasteiger partial charge on any atom is 0.0443 e. The fraction of sp³-hybridized carbons (Fsp3) is 1.00. The molecule has 0 aromatic rings. The van der Waals surface area contributed by atoms with E-state index < -0.39 is 0 Å². The van der Waals surface area contributed by atoms with Crippen molar-refractivity contribution in [1.29, 1.82) is 0 Å². The normalized spacial score (nSPS) is 27.9. The summed E-state index contributed by atoms with van der Waals surface area (Å²) in [6.07, 6.45) is 3.71. The van der Waals surface area contributed by atoms with Crippen molar-refractivity contribution in [2.75, 3.05) is 46.4 Å². The Bertz CT molecular complexity index is 190. The van der Waals surface area contributed by atoms with Crippen molar-refractivity contribution in [3.63, 3.8) is 0 Å². The average Bonchev–Trinajstić information content (AvgIpc) is 2.11. The van der Waals surface area contributed by atoms with E-state index in [1.54, 1.807) is 0 Å². The van der Waals surface area contributed by atoms with E-state index >= 15 is 0 Å². The Balaban J connectivity index is 1.74. The average molecular weight is 198 g/mol. The van der Waals surface area contributed by atoms with Crippen LogP contribution in [0.5, 0.6) is 0 Å². The molecular formula is C11H22N2O. The Morgan fingerprint density at radius 1 is 1.29 bits per heavy atom. The smallest absolute Gasteiger partial charge is 0.0443 e. The summed E-state index contributed by atoms with van der Waals surface area (Å²) in [5.41, 5.74) is 0.614. The number of likely N-dealkylation sites (tertiary alicyclic amines) is 2. The van der Waals surface area contributed by atoms with Gasteiger partial charge in [0, 0.05) is 38.2 Å². The third-order valence-electron chi connectivity index (χ3n) is 3.60. The number of aliphatic hydroxyl groups is 1. The topological polar surface area (TPSA) is 26.7 Å². The van der Waals surface area contributed by atoms with Crippen molar-refractivity contribution >= 4 is 0 Å². The van der Waals surface area contributed by atoms with Gasteiger partial charge in [-0.05, 0) is 32.9 Å². The Morgan fingerprint density at radius 3 is 2.71 bits per heavy atom. The van der Waals surface area contributed by atoms with E-state index in [2.05, 4.69) is 16.8 Å². The quantitative estimate of drug-likeness (QED) is 0.711. The molecule has 0 aromatic heterocycles. The molecule has 2 saturated heterocycles. The van der Waals surface area contributed by atoms with Crippen molar-refractivity contribution in [1.82, 2.24) is 9.80 Å². The zero-order valence-electron chi connectivity index (χ0n) is 9.21. The van der Waals surface area contributed by atoms with E-state index in [1.807, 2.05) is 0 Å². The highest BCUT2D eigenvalue weighted by Crippen LogP contribution is 2.38. The van der Waals surface area contributed by atoms with Gasteiger partial charge in [0.1, 0.15) is 0 Å². The van der Waals surface area contributed by atoms with Crippen molar-refractivity contribution in [3.8, 4) is 0 Å². The standard InChI is InChI=1S/C11H22N2O/c1-12-5-2-4-11(8-12)9-13(10-11)6-3-7-14/h14H,2-10H2,1H3. The molecule has 2 fully saturated rings. The molecule has 2 heterocycles. The lowest BCUT2D eigenvalue weighted by Gasteiger charge is -2.54. The lowest BCUT2D eigenvalue weighted by atomic mass is 9.73. The van der Waals surface area contributed by atoms with Gasteiger partial charge in [0.2, 0.25) is 0 Å². The molecule has 82 valence electrons. The number of rotatable bonds is 3. The van der Waals surface area contributed by atoms with Crippen LogP contribution in [0.2, 0.25) is 0 Å². The SMILES string of the molecule is CN1CCCC2(C1)CN(CCCO)C2. The summed E-state index contributed by atoms with van der Waals surface area (Å²) in [7, 11) is 2.23. The van der Waals surface area contributed by atoms with Crippen LogP contribution in [0.3, 0.4) is 0 Å². The number of piperidine rings is 1. The predicted octanol–water partition coefficient (Wildman–Crippen LogP) is 0.396. The number of aliphatic hydroxyl groups excluding tert-OH is 1. The van der Waals surface area contributed by atoms with E-state index in [9.17, 15) is 0 Å². The van der Waals surface area contributed by atoms with Gasteiger partial charge in [-0.2, -0.15) is 0 Å². The Morgan fingerprint density at radius 2 is 2.07 bits per heavy atom. The molecular weight excluding hydrogens is 176 g/mol. The van der Waals surface area contributed by atoms with Crippen LogP contribution in [-0.2, 0) is 0 Å². The van der Waals surface area contributed by atoms with Crippen LogP contribution in [0.15, 0.2) is 0 Å². The highest BCUT2D eigenvalue weighted by molar-refractivity contribution is 4.98. The second kappa shape index (κ2) is 4.17. The maximum absolute atomic E-state index is 8.74. The fourth-order valence-electron chi connectivity index (χ4n) is 3.07. The minimum atomic E-state index is 0.337. The molecule has 14 heavy (non-hydrogen) atoms. The molecule has 0 bridgehead atoms. The molecule has 0 unspecified atom stereocenters. The van der Waals surface area contributed by atoms with Gasteiger partial charge in [-0.1, -0.05) is 0 Å². The molecule has 0 amide bonds. The summed E-state index contributed by atoms with van der Waals surface area (Å²) in [5, 5.41) is 8.74. The Hall–Kier alpha value is -0.120. The molecule has 0 aliphatic carbocycles. The summed E-state index contributed by atoms with van der Waals surface area (Å²) in [5.74, 6) is 0. The first kappa shape index (κ1) is 10.4. The van der Waals surface area contributed by atoms with Crippen molar-refractivity contribution in [3.05, 3.63) is 0 Å². The maximum atomic E-state index is 8.74. The molecule has 0 atom stereocenters. The Labute approximate surface area is 86.7 Å². The first-order valence-electron chi connectivity index (χ1n) is 5.76. The van der Waals surface area contributed by atoms with Gasteiger partial charge in [0.15, 0.2) is 0 Å². The summed E-state index contributed by atoms with van der Waals surface area (Å²) in [6, 6.07) is 0. The monoisotopic (exact) mass is 198 g/mol. The van der Waals surface area contributed by atoms with Gasteiger partial charge in [-0.3, -0.25) is 0 Å². The second-order valence-corrected chi connectivity index (χ2v) is 5.13. The lowest BCUT2D eigenvalue weighted by molar-refractivity contribution is -0.0497. The Kier molecular flexibility index (Phi) is 3.10. The van der Waals surface area contributed by atoms with Crippen molar-refractivity contribution in [2.45, 2.75) is 19.3 Å². The van der Waals surface area contributed by atoms with Gasteiger partial charge in [-0.15, -0.1) is 0 Å². The molecule has 0 saturated carbocycles. The van der Waals surface area contributed by atoms with Crippen molar-refractivity contribution < 1.29 is 5.11 Å². The van der Waals surface area contributed by atoms with Gasteiger partial charge >= 0.3 is 0 Å². The third kappa shape index (κ3) is 2.10. The molecule has 0 radical (unpaired) electrons. The predicted molar refractivity (Wildman–Crippen MR) is 57.3 cm³/mol. The number of nitrogens with zero attached hydrogens (tertiary/aromatic N) is 2.